The van der Waals surface area contributed by atoms with E-state index in [1.807, 2.05) is 44.5 Å². The smallest absolute Gasteiger partial charge is 0.347 e. The van der Waals surface area contributed by atoms with Crippen LogP contribution in [0.15, 0.2) is 60.8 Å². The summed E-state index contributed by atoms with van der Waals surface area (Å²) in [5.41, 5.74) is 4.83. The second-order valence-corrected chi connectivity index (χ2v) is 9.82. The van der Waals surface area contributed by atoms with E-state index in [0.717, 1.165) is 35.9 Å². The molecule has 0 spiro atoms. The third-order valence-corrected chi connectivity index (χ3v) is 6.61. The summed E-state index contributed by atoms with van der Waals surface area (Å²) in [6.45, 7) is 4.64. The van der Waals surface area contributed by atoms with Gasteiger partial charge in [0, 0.05) is 18.0 Å². The number of H-pyrrole nitrogens is 1. The Bertz CT molecular complexity index is 1330. The van der Waals surface area contributed by atoms with Gasteiger partial charge in [-0.2, -0.15) is 26.5 Å². The van der Waals surface area contributed by atoms with Crippen LogP contribution in [0.2, 0.25) is 0 Å². The standard InChI is InChI=1S/C30H35F3N5O3/c1-3-5-15-37(14-4-2)27(39)17-25(34)29(41)36-19-28(40)38(20-21-10-12-23(13-11-21)30(31,32)33)24-16-22-8-6-7-9-26(22)35-18-24/h3,6-13,16,18,25H,4-5,14-15,17,19-20,34H2,1-2H3,(H,36,41)/q-1/p+2. The van der Waals surface area contributed by atoms with Crippen molar-refractivity contribution in [2.75, 3.05) is 24.5 Å². The van der Waals surface area contributed by atoms with Gasteiger partial charge in [-0.05, 0) is 42.8 Å². The van der Waals surface area contributed by atoms with Crippen molar-refractivity contribution in [1.29, 1.82) is 0 Å². The molecule has 0 saturated heterocycles. The van der Waals surface area contributed by atoms with Gasteiger partial charge in [-0.25, -0.2) is 4.98 Å². The Morgan fingerprint density at radius 1 is 1.05 bits per heavy atom. The van der Waals surface area contributed by atoms with E-state index in [-0.39, 0.29) is 25.4 Å². The van der Waals surface area contributed by atoms with Crippen LogP contribution in [0.4, 0.5) is 18.9 Å². The van der Waals surface area contributed by atoms with Crippen molar-refractivity contribution < 1.29 is 38.3 Å². The molecule has 11 heteroatoms. The third-order valence-electron chi connectivity index (χ3n) is 6.61. The predicted molar refractivity (Wildman–Crippen MR) is 149 cm³/mol. The largest absolute Gasteiger partial charge is 0.416 e. The fourth-order valence-electron chi connectivity index (χ4n) is 4.32. The molecule has 3 rings (SSSR count). The van der Waals surface area contributed by atoms with Crippen molar-refractivity contribution >= 4 is 34.3 Å². The zero-order valence-electron chi connectivity index (χ0n) is 23.3. The summed E-state index contributed by atoms with van der Waals surface area (Å²) in [6, 6.07) is 12.9. The molecule has 0 aliphatic carbocycles. The van der Waals surface area contributed by atoms with E-state index in [4.69, 9.17) is 0 Å². The van der Waals surface area contributed by atoms with Crippen LogP contribution in [0.1, 0.15) is 44.2 Å². The molecule has 1 aromatic heterocycles. The molecule has 220 valence electrons. The van der Waals surface area contributed by atoms with Crippen LogP contribution in [0.5, 0.6) is 0 Å². The van der Waals surface area contributed by atoms with Gasteiger partial charge >= 0.3 is 6.18 Å². The number of anilines is 1. The Labute approximate surface area is 237 Å². The molecule has 0 aliphatic rings. The van der Waals surface area contributed by atoms with E-state index in [9.17, 15) is 27.6 Å². The number of hydrogen-bond acceptors (Lipinski definition) is 3. The maximum absolute atomic E-state index is 13.4. The number of nitrogens with one attached hydrogen (secondary N) is 2. The number of carbonyl (C=O) groups is 3. The van der Waals surface area contributed by atoms with Crippen molar-refractivity contribution in [3.05, 3.63) is 78.3 Å². The highest BCUT2D eigenvalue weighted by molar-refractivity contribution is 5.98. The normalized spacial score (nSPS) is 12.1. The van der Waals surface area contributed by atoms with Gasteiger partial charge in [0.05, 0.1) is 25.1 Å². The third kappa shape index (κ3) is 9.01. The summed E-state index contributed by atoms with van der Waals surface area (Å²) in [6.07, 6.45) is 0.581. The lowest BCUT2D eigenvalue weighted by atomic mass is 10.1. The lowest BCUT2D eigenvalue weighted by molar-refractivity contribution is -0.402. The van der Waals surface area contributed by atoms with Crippen molar-refractivity contribution in [2.24, 2.45) is 0 Å². The number of rotatable bonds is 13. The molecule has 8 nitrogen and oxygen atoms in total. The van der Waals surface area contributed by atoms with Crippen molar-refractivity contribution in [1.82, 2.24) is 10.2 Å². The minimum Gasteiger partial charge on any atom is -0.347 e. The zero-order valence-corrected chi connectivity index (χ0v) is 23.3. The molecule has 2 aromatic carbocycles. The van der Waals surface area contributed by atoms with Gasteiger partial charge in [0.1, 0.15) is 5.69 Å². The highest BCUT2D eigenvalue weighted by Crippen LogP contribution is 2.29. The van der Waals surface area contributed by atoms with E-state index in [1.165, 1.54) is 17.0 Å². The number of carbonyl (C=O) groups excluding carboxylic acids is 3. The first kappa shape index (κ1) is 31.5. The number of benzene rings is 2. The lowest BCUT2D eigenvalue weighted by Crippen LogP contribution is -2.69. The summed E-state index contributed by atoms with van der Waals surface area (Å²) in [5, 5.41) is 3.40. The molecule has 1 atom stereocenters. The average molecular weight is 573 g/mol. The molecule has 3 aromatic rings. The Morgan fingerprint density at radius 2 is 1.76 bits per heavy atom. The quantitative estimate of drug-likeness (QED) is 0.307. The van der Waals surface area contributed by atoms with E-state index >= 15 is 0 Å². The minimum atomic E-state index is -4.47. The number of fused-ring (bicyclic) bond motifs is 1. The average Bonchev–Trinajstić information content (AvgIpc) is 2.96. The Hall–Kier alpha value is -3.99. The molecule has 3 amide bonds. The van der Waals surface area contributed by atoms with Crippen LogP contribution < -0.4 is 20.9 Å². The summed E-state index contributed by atoms with van der Waals surface area (Å²) in [4.78, 5) is 45.1. The number of amides is 3. The monoisotopic (exact) mass is 572 g/mol. The topological polar surface area (TPSA) is 112 Å². The molecular weight excluding hydrogens is 535 g/mol. The summed E-state index contributed by atoms with van der Waals surface area (Å²) < 4.78 is 39.1. The summed E-state index contributed by atoms with van der Waals surface area (Å²) in [7, 11) is 0. The van der Waals surface area contributed by atoms with Gasteiger partial charge in [-0.3, -0.25) is 14.4 Å². The number of nitrogens with zero attached hydrogens (tertiary/aromatic N) is 2. The number of aromatic amines is 1. The Morgan fingerprint density at radius 3 is 2.41 bits per heavy atom. The van der Waals surface area contributed by atoms with E-state index in [1.54, 1.807) is 17.2 Å². The predicted octanol–water partition coefficient (Wildman–Crippen LogP) is 3.18. The van der Waals surface area contributed by atoms with Gasteiger partial charge in [-0.15, -0.1) is 0 Å². The highest BCUT2D eigenvalue weighted by atomic mass is 19.4. The fourth-order valence-corrected chi connectivity index (χ4v) is 4.32. The Kier molecular flexibility index (Phi) is 11.2. The van der Waals surface area contributed by atoms with Crippen molar-refractivity contribution in [2.45, 2.75) is 51.9 Å². The molecule has 1 unspecified atom stereocenters. The lowest BCUT2D eigenvalue weighted by Gasteiger charge is -2.25. The maximum Gasteiger partial charge on any atom is 0.416 e. The van der Waals surface area contributed by atoms with Gasteiger partial charge in [0.2, 0.25) is 17.3 Å². The number of aromatic nitrogens is 1. The fraction of sp³-hybridized carbons (Fsp3) is 0.367. The number of para-hydroxylation sites is 1. The van der Waals surface area contributed by atoms with Crippen LogP contribution in [-0.2, 0) is 27.1 Å². The maximum atomic E-state index is 13.4. The van der Waals surface area contributed by atoms with Gasteiger partial charge < -0.3 is 27.3 Å². The second kappa shape index (κ2) is 14.6. The number of alkyl halides is 3. The van der Waals surface area contributed by atoms with Gasteiger partial charge in [0.25, 0.3) is 5.91 Å². The van der Waals surface area contributed by atoms with Crippen LogP contribution in [0.25, 0.3) is 10.9 Å². The minimum absolute atomic E-state index is 0.0221. The molecule has 0 saturated carbocycles. The first-order valence-electron chi connectivity index (χ1n) is 13.6. The van der Waals surface area contributed by atoms with E-state index in [2.05, 4.69) is 16.0 Å². The van der Waals surface area contributed by atoms with Gasteiger partial charge in [0.15, 0.2) is 12.2 Å². The van der Waals surface area contributed by atoms with Crippen LogP contribution >= 0.6 is 0 Å². The SMILES string of the molecule is C[CH-]CCN(CCC)C(=O)CC([NH3+])C(=O)NCC(=O)N(Cc1ccc(C(F)(F)F)cc1)c1c[nH+]c2ccccc2c1. The molecule has 0 radical (unpaired) electrons. The van der Waals surface area contributed by atoms with Crippen molar-refractivity contribution in [3.8, 4) is 0 Å². The summed E-state index contributed by atoms with van der Waals surface area (Å²) >= 11 is 0. The van der Waals surface area contributed by atoms with Crippen LogP contribution in [0, 0.1) is 6.42 Å². The molecule has 41 heavy (non-hydrogen) atoms. The second-order valence-electron chi connectivity index (χ2n) is 9.82. The number of hydrogen-bond donors (Lipinski definition) is 2. The van der Waals surface area contributed by atoms with Crippen LogP contribution in [-0.4, -0.2) is 48.3 Å². The number of quaternary nitrogens is 1. The molecule has 0 fully saturated rings. The number of pyridine rings is 1. The molecule has 0 aliphatic heterocycles. The zero-order chi connectivity index (χ0) is 30.0. The first-order valence-corrected chi connectivity index (χ1v) is 13.6. The number of halogens is 3. The molecule has 0 bridgehead atoms. The number of unbranched alkanes of at least 4 members (excludes halogenated alkanes) is 1. The Balaban J connectivity index is 1.73. The van der Waals surface area contributed by atoms with Crippen molar-refractivity contribution in [3.63, 3.8) is 0 Å². The summed E-state index contributed by atoms with van der Waals surface area (Å²) in [5.74, 6) is -1.19. The highest BCUT2D eigenvalue weighted by Gasteiger charge is 2.30. The van der Waals surface area contributed by atoms with Gasteiger partial charge in [-0.1, -0.05) is 31.2 Å². The first-order chi connectivity index (χ1) is 19.5. The molecule has 5 N–H and O–H groups in total. The van der Waals surface area contributed by atoms with Crippen LogP contribution in [0.3, 0.4) is 0 Å². The van der Waals surface area contributed by atoms with E-state index in [0.29, 0.717) is 24.3 Å². The van der Waals surface area contributed by atoms with E-state index < -0.39 is 29.6 Å². The molecular formula is C30H37F3N5O3+. The molecule has 1 heterocycles.